The Hall–Kier alpha value is -2.15. The molecule has 1 fully saturated rings. The second-order valence-corrected chi connectivity index (χ2v) is 7.89. The fraction of sp³-hybridized carbons (Fsp3) is 0.300. The van der Waals surface area contributed by atoms with Crippen LogP contribution in [0, 0.1) is 0 Å². The number of piperazine rings is 1. The number of carbonyl (C=O) groups is 1. The van der Waals surface area contributed by atoms with Crippen LogP contribution in [0.4, 0.5) is 0 Å². The number of benzene rings is 1. The van der Waals surface area contributed by atoms with Crippen molar-refractivity contribution >= 4 is 28.8 Å². The van der Waals surface area contributed by atoms with Crippen molar-refractivity contribution in [3.05, 3.63) is 58.6 Å². The molecule has 0 bridgehead atoms. The van der Waals surface area contributed by atoms with E-state index in [1.807, 2.05) is 52.7 Å². The maximum Gasteiger partial charge on any atom is 0.272 e. The fourth-order valence-corrected chi connectivity index (χ4v) is 4.09. The minimum absolute atomic E-state index is 0.0241. The Bertz CT molecular complexity index is 912. The summed E-state index contributed by atoms with van der Waals surface area (Å²) < 4.78 is 1.74. The summed E-state index contributed by atoms with van der Waals surface area (Å²) in [6, 6.07) is 13.3. The average molecular weight is 401 g/mol. The number of nitrogens with zero attached hydrogens (tertiary/aromatic N) is 4. The highest BCUT2D eigenvalue weighted by atomic mass is 35.5. The third-order valence-electron chi connectivity index (χ3n) is 4.88. The van der Waals surface area contributed by atoms with Crippen molar-refractivity contribution in [3.63, 3.8) is 0 Å². The topological polar surface area (TPSA) is 41.4 Å². The molecule has 1 saturated heterocycles. The smallest absolute Gasteiger partial charge is 0.272 e. The first-order valence-corrected chi connectivity index (χ1v) is 10.3. The SMILES string of the molecule is CCN1CCN(C(=O)c2cc(-c3cccs3)nn2-c2ccc(Cl)cc2)CC1. The van der Waals surface area contributed by atoms with E-state index >= 15 is 0 Å². The van der Waals surface area contributed by atoms with Gasteiger partial charge in [0.25, 0.3) is 5.91 Å². The van der Waals surface area contributed by atoms with Gasteiger partial charge in [0.2, 0.25) is 0 Å². The molecule has 0 unspecified atom stereocenters. The zero-order valence-corrected chi connectivity index (χ0v) is 16.7. The van der Waals surface area contributed by atoms with Crippen molar-refractivity contribution in [2.75, 3.05) is 32.7 Å². The number of halogens is 1. The van der Waals surface area contributed by atoms with Crippen molar-refractivity contribution in [2.24, 2.45) is 0 Å². The number of amides is 1. The predicted octanol–water partition coefficient (Wildman–Crippen LogP) is 4.03. The molecule has 4 rings (SSSR count). The largest absolute Gasteiger partial charge is 0.335 e. The maximum absolute atomic E-state index is 13.3. The van der Waals surface area contributed by atoms with Gasteiger partial charge in [0.05, 0.1) is 10.6 Å². The molecule has 0 spiro atoms. The van der Waals surface area contributed by atoms with Gasteiger partial charge in [0, 0.05) is 31.2 Å². The molecular formula is C20H21ClN4OS. The first kappa shape index (κ1) is 18.2. The summed E-state index contributed by atoms with van der Waals surface area (Å²) in [6.45, 7) is 6.48. The zero-order chi connectivity index (χ0) is 18.8. The first-order chi connectivity index (χ1) is 13.2. The van der Waals surface area contributed by atoms with E-state index < -0.39 is 0 Å². The van der Waals surface area contributed by atoms with Gasteiger partial charge in [-0.1, -0.05) is 24.6 Å². The fourth-order valence-electron chi connectivity index (χ4n) is 3.29. The quantitative estimate of drug-likeness (QED) is 0.663. The lowest BCUT2D eigenvalue weighted by atomic mass is 10.2. The molecule has 0 atom stereocenters. The van der Waals surface area contributed by atoms with E-state index in [0.717, 1.165) is 49.0 Å². The lowest BCUT2D eigenvalue weighted by molar-refractivity contribution is 0.0634. The van der Waals surface area contributed by atoms with Crippen molar-refractivity contribution in [3.8, 4) is 16.3 Å². The van der Waals surface area contributed by atoms with Crippen molar-refractivity contribution < 1.29 is 4.79 Å². The van der Waals surface area contributed by atoms with Crippen LogP contribution in [0.2, 0.25) is 5.02 Å². The predicted molar refractivity (Wildman–Crippen MR) is 110 cm³/mol. The molecule has 7 heteroatoms. The van der Waals surface area contributed by atoms with E-state index in [4.69, 9.17) is 16.7 Å². The molecular weight excluding hydrogens is 380 g/mol. The molecule has 0 radical (unpaired) electrons. The van der Waals surface area contributed by atoms with Crippen molar-refractivity contribution in [2.45, 2.75) is 6.92 Å². The Morgan fingerprint density at radius 1 is 1.15 bits per heavy atom. The number of carbonyl (C=O) groups excluding carboxylic acids is 1. The van der Waals surface area contributed by atoms with Gasteiger partial charge in [-0.3, -0.25) is 4.79 Å². The van der Waals surface area contributed by atoms with E-state index in [9.17, 15) is 4.79 Å². The minimum atomic E-state index is 0.0241. The summed E-state index contributed by atoms with van der Waals surface area (Å²) in [5.41, 5.74) is 2.24. The van der Waals surface area contributed by atoms with Crippen LogP contribution in [-0.2, 0) is 0 Å². The molecule has 0 N–H and O–H groups in total. The molecule has 2 aromatic heterocycles. The third kappa shape index (κ3) is 3.78. The van der Waals surface area contributed by atoms with Crippen LogP contribution in [0.1, 0.15) is 17.4 Å². The molecule has 27 heavy (non-hydrogen) atoms. The van der Waals surface area contributed by atoms with E-state index in [2.05, 4.69) is 11.8 Å². The van der Waals surface area contributed by atoms with E-state index in [1.165, 1.54) is 0 Å². The summed E-state index contributed by atoms with van der Waals surface area (Å²) in [4.78, 5) is 18.6. The normalized spacial score (nSPS) is 15.3. The second-order valence-electron chi connectivity index (χ2n) is 6.51. The van der Waals surface area contributed by atoms with Crippen LogP contribution in [0.15, 0.2) is 47.8 Å². The lowest BCUT2D eigenvalue weighted by Gasteiger charge is -2.34. The minimum Gasteiger partial charge on any atom is -0.335 e. The number of hydrogen-bond acceptors (Lipinski definition) is 4. The lowest BCUT2D eigenvalue weighted by Crippen LogP contribution is -2.48. The Balaban J connectivity index is 1.70. The molecule has 1 aliphatic heterocycles. The molecule has 0 saturated carbocycles. The average Bonchev–Trinajstić information content (AvgIpc) is 3.38. The molecule has 3 aromatic rings. The number of rotatable bonds is 4. The summed E-state index contributed by atoms with van der Waals surface area (Å²) >= 11 is 7.65. The van der Waals surface area contributed by atoms with Gasteiger partial charge in [-0.25, -0.2) is 4.68 Å². The summed E-state index contributed by atoms with van der Waals surface area (Å²) in [5, 5.41) is 7.40. The van der Waals surface area contributed by atoms with Crippen LogP contribution in [0.25, 0.3) is 16.3 Å². The number of likely N-dealkylation sites (N-methyl/N-ethyl adjacent to an activating group) is 1. The summed E-state index contributed by atoms with van der Waals surface area (Å²) in [5.74, 6) is 0.0241. The molecule has 5 nitrogen and oxygen atoms in total. The Labute approximate surface area is 167 Å². The molecule has 0 aliphatic carbocycles. The Morgan fingerprint density at radius 2 is 1.89 bits per heavy atom. The maximum atomic E-state index is 13.3. The van der Waals surface area contributed by atoms with Crippen LogP contribution in [0.3, 0.4) is 0 Å². The van der Waals surface area contributed by atoms with Gasteiger partial charge >= 0.3 is 0 Å². The van der Waals surface area contributed by atoms with E-state index in [0.29, 0.717) is 10.7 Å². The second kappa shape index (κ2) is 7.84. The van der Waals surface area contributed by atoms with E-state index in [1.54, 1.807) is 16.0 Å². The first-order valence-electron chi connectivity index (χ1n) is 9.07. The molecule has 140 valence electrons. The van der Waals surface area contributed by atoms with Crippen LogP contribution < -0.4 is 0 Å². The monoisotopic (exact) mass is 400 g/mol. The van der Waals surface area contributed by atoms with Gasteiger partial charge in [-0.2, -0.15) is 5.10 Å². The van der Waals surface area contributed by atoms with Gasteiger partial charge in [-0.15, -0.1) is 11.3 Å². The summed E-state index contributed by atoms with van der Waals surface area (Å²) in [7, 11) is 0. The summed E-state index contributed by atoms with van der Waals surface area (Å²) in [6.07, 6.45) is 0. The van der Waals surface area contributed by atoms with Gasteiger partial charge in [0.15, 0.2) is 0 Å². The zero-order valence-electron chi connectivity index (χ0n) is 15.1. The number of aromatic nitrogens is 2. The molecule has 3 heterocycles. The highest BCUT2D eigenvalue weighted by Gasteiger charge is 2.26. The van der Waals surface area contributed by atoms with Crippen LogP contribution in [0.5, 0.6) is 0 Å². The molecule has 1 aromatic carbocycles. The van der Waals surface area contributed by atoms with Crippen LogP contribution >= 0.6 is 22.9 Å². The standard InChI is InChI=1S/C20H21ClN4OS/c1-2-23-9-11-24(12-10-23)20(26)18-14-17(19-4-3-13-27-19)22-25(18)16-7-5-15(21)6-8-16/h3-8,13-14H,2,9-12H2,1H3. The molecule has 1 amide bonds. The molecule has 1 aliphatic rings. The van der Waals surface area contributed by atoms with Gasteiger partial charge in [-0.05, 0) is 48.3 Å². The van der Waals surface area contributed by atoms with Gasteiger partial charge < -0.3 is 9.80 Å². The van der Waals surface area contributed by atoms with Gasteiger partial charge in [0.1, 0.15) is 11.4 Å². The highest BCUT2D eigenvalue weighted by molar-refractivity contribution is 7.13. The van der Waals surface area contributed by atoms with E-state index in [-0.39, 0.29) is 5.91 Å². The Morgan fingerprint density at radius 3 is 2.52 bits per heavy atom. The third-order valence-corrected chi connectivity index (χ3v) is 6.02. The van der Waals surface area contributed by atoms with Crippen LogP contribution in [-0.4, -0.2) is 58.2 Å². The van der Waals surface area contributed by atoms with Crippen molar-refractivity contribution in [1.82, 2.24) is 19.6 Å². The number of hydrogen-bond donors (Lipinski definition) is 0. The van der Waals surface area contributed by atoms with Crippen molar-refractivity contribution in [1.29, 1.82) is 0 Å². The highest BCUT2D eigenvalue weighted by Crippen LogP contribution is 2.27. The number of thiophene rings is 1. The Kier molecular flexibility index (Phi) is 5.29.